The minimum atomic E-state index is -0.637. The van der Waals surface area contributed by atoms with Crippen molar-refractivity contribution in [3.63, 3.8) is 0 Å². The molecule has 5 heteroatoms. The van der Waals surface area contributed by atoms with Crippen LogP contribution in [0.1, 0.15) is 32.1 Å². The molecule has 1 atom stereocenters. The predicted molar refractivity (Wildman–Crippen MR) is 95.9 cm³/mol. The highest BCUT2D eigenvalue weighted by Crippen LogP contribution is 2.34. The van der Waals surface area contributed by atoms with E-state index < -0.39 is 5.66 Å². The maximum Gasteiger partial charge on any atom is 0.203 e. The number of nitrogens with one attached hydrogen (secondary N) is 2. The molecule has 0 saturated heterocycles. The van der Waals surface area contributed by atoms with Crippen molar-refractivity contribution in [3.8, 4) is 0 Å². The summed E-state index contributed by atoms with van der Waals surface area (Å²) in [4.78, 5) is 6.88. The van der Waals surface area contributed by atoms with Crippen LogP contribution in [0.4, 0.5) is 5.69 Å². The van der Waals surface area contributed by atoms with Crippen LogP contribution in [0.2, 0.25) is 0 Å². The predicted octanol–water partition coefficient (Wildman–Crippen LogP) is 2.70. The number of hydrogen-bond donors (Lipinski definition) is 3. The van der Waals surface area contributed by atoms with E-state index in [-0.39, 0.29) is 0 Å². The minimum absolute atomic E-state index is 0.404. The van der Waals surface area contributed by atoms with Gasteiger partial charge < -0.3 is 21.3 Å². The van der Waals surface area contributed by atoms with Crippen molar-refractivity contribution in [3.05, 3.63) is 42.2 Å². The molecule has 0 aromatic heterocycles. The molecule has 3 rings (SSSR count). The Labute approximate surface area is 138 Å². The van der Waals surface area contributed by atoms with E-state index in [0.29, 0.717) is 5.92 Å². The zero-order chi connectivity index (χ0) is 16.3. The van der Waals surface area contributed by atoms with E-state index in [2.05, 4.69) is 16.7 Å². The fourth-order valence-electron chi connectivity index (χ4n) is 3.36. The molecule has 1 aliphatic carbocycles. The molecule has 1 unspecified atom stereocenters. The number of guanidine groups is 1. The van der Waals surface area contributed by atoms with Gasteiger partial charge in [-0.2, -0.15) is 0 Å². The molecule has 1 saturated carbocycles. The van der Waals surface area contributed by atoms with Gasteiger partial charge in [0.25, 0.3) is 0 Å². The second-order valence-corrected chi connectivity index (χ2v) is 6.72. The van der Waals surface area contributed by atoms with Gasteiger partial charge in [-0.05, 0) is 31.1 Å². The standard InChI is InChI=1S/C18H27N5/c1-23(2)16-13-18(19,14-9-5-3-6-10-14)22-17(21-16)20-15-11-7-4-8-12-15/h4,7-8,11-14H,3,5-6,9-10,19H2,1-2H3,(H2,20,21,22). The van der Waals surface area contributed by atoms with Gasteiger partial charge >= 0.3 is 0 Å². The van der Waals surface area contributed by atoms with Crippen LogP contribution in [0.5, 0.6) is 0 Å². The molecule has 1 fully saturated rings. The molecule has 5 nitrogen and oxygen atoms in total. The fourth-order valence-corrected chi connectivity index (χ4v) is 3.36. The van der Waals surface area contributed by atoms with E-state index >= 15 is 0 Å². The van der Waals surface area contributed by atoms with E-state index in [1.54, 1.807) is 0 Å². The van der Waals surface area contributed by atoms with Crippen LogP contribution in [-0.2, 0) is 0 Å². The van der Waals surface area contributed by atoms with Gasteiger partial charge in [-0.25, -0.2) is 4.99 Å². The van der Waals surface area contributed by atoms with Crippen molar-refractivity contribution >= 4 is 11.6 Å². The highest BCUT2D eigenvalue weighted by atomic mass is 15.3. The van der Waals surface area contributed by atoms with Crippen LogP contribution in [0, 0.1) is 5.92 Å². The number of aliphatic imine (C=N–C) groups is 1. The third kappa shape index (κ3) is 3.67. The zero-order valence-corrected chi connectivity index (χ0v) is 14.0. The summed E-state index contributed by atoms with van der Waals surface area (Å²) in [5.74, 6) is 2.11. The molecule has 0 radical (unpaired) electrons. The van der Waals surface area contributed by atoms with Crippen LogP contribution >= 0.6 is 0 Å². The first kappa shape index (κ1) is 15.9. The SMILES string of the molecule is CN(C)C1=CC(N)(C2CCCCC2)N=C(Nc2ccccc2)N1. The maximum atomic E-state index is 6.74. The first-order chi connectivity index (χ1) is 11.1. The fraction of sp³-hybridized carbons (Fsp3) is 0.500. The largest absolute Gasteiger partial charge is 0.364 e. The van der Waals surface area contributed by atoms with Crippen molar-refractivity contribution in [2.75, 3.05) is 19.4 Å². The summed E-state index contributed by atoms with van der Waals surface area (Å²) < 4.78 is 0. The second-order valence-electron chi connectivity index (χ2n) is 6.72. The zero-order valence-electron chi connectivity index (χ0n) is 14.0. The molecule has 4 N–H and O–H groups in total. The highest BCUT2D eigenvalue weighted by molar-refractivity contribution is 5.95. The summed E-state index contributed by atoms with van der Waals surface area (Å²) in [6.07, 6.45) is 8.19. The van der Waals surface area contributed by atoms with E-state index in [0.717, 1.165) is 30.3 Å². The third-order valence-corrected chi connectivity index (χ3v) is 4.70. The molecule has 0 bridgehead atoms. The highest BCUT2D eigenvalue weighted by Gasteiger charge is 2.37. The number of para-hydroxylation sites is 1. The van der Waals surface area contributed by atoms with Gasteiger partial charge in [0.05, 0.1) is 0 Å². The first-order valence-electron chi connectivity index (χ1n) is 8.45. The molecule has 1 aliphatic heterocycles. The lowest BCUT2D eigenvalue weighted by molar-refractivity contribution is 0.248. The van der Waals surface area contributed by atoms with Crippen LogP contribution in [0.25, 0.3) is 0 Å². The Bertz CT molecular complexity index is 587. The van der Waals surface area contributed by atoms with Gasteiger partial charge in [-0.3, -0.25) is 0 Å². The number of anilines is 1. The summed E-state index contributed by atoms with van der Waals surface area (Å²) in [5, 5.41) is 6.69. The number of hydrogen-bond acceptors (Lipinski definition) is 5. The average molecular weight is 313 g/mol. The van der Waals surface area contributed by atoms with Crippen molar-refractivity contribution in [1.82, 2.24) is 10.2 Å². The topological polar surface area (TPSA) is 65.7 Å². The number of nitrogens with zero attached hydrogens (tertiary/aromatic N) is 2. The second kappa shape index (κ2) is 6.62. The van der Waals surface area contributed by atoms with Gasteiger partial charge in [0.1, 0.15) is 11.5 Å². The Morgan fingerprint density at radius 2 is 1.87 bits per heavy atom. The lowest BCUT2D eigenvalue weighted by Crippen LogP contribution is -2.52. The lowest BCUT2D eigenvalue weighted by Gasteiger charge is -2.39. The van der Waals surface area contributed by atoms with Crippen molar-refractivity contribution in [2.45, 2.75) is 37.8 Å². The van der Waals surface area contributed by atoms with E-state index in [9.17, 15) is 0 Å². The molecule has 0 spiro atoms. The summed E-state index contributed by atoms with van der Waals surface area (Å²) in [6.45, 7) is 0. The summed E-state index contributed by atoms with van der Waals surface area (Å²) in [5.41, 5.74) is 7.10. The molecule has 124 valence electrons. The smallest absolute Gasteiger partial charge is 0.203 e. The Morgan fingerprint density at radius 3 is 2.52 bits per heavy atom. The monoisotopic (exact) mass is 313 g/mol. The minimum Gasteiger partial charge on any atom is -0.364 e. The Hall–Kier alpha value is -2.01. The molecular formula is C18H27N5. The molecule has 1 aromatic rings. The summed E-state index contributed by atoms with van der Waals surface area (Å²) in [6, 6.07) is 10.1. The Balaban J connectivity index is 1.87. The quantitative estimate of drug-likeness (QED) is 0.803. The number of rotatable bonds is 3. The Kier molecular flexibility index (Phi) is 4.57. The van der Waals surface area contributed by atoms with Crippen molar-refractivity contribution in [2.24, 2.45) is 16.6 Å². The lowest BCUT2D eigenvalue weighted by atomic mass is 9.80. The van der Waals surface area contributed by atoms with Crippen molar-refractivity contribution in [1.29, 1.82) is 0 Å². The maximum absolute atomic E-state index is 6.74. The molecule has 1 heterocycles. The van der Waals surface area contributed by atoms with Crippen LogP contribution in [-0.4, -0.2) is 30.6 Å². The summed E-state index contributed by atoms with van der Waals surface area (Å²) >= 11 is 0. The van der Waals surface area contributed by atoms with Gasteiger partial charge in [0.2, 0.25) is 5.96 Å². The third-order valence-electron chi connectivity index (χ3n) is 4.70. The molecular weight excluding hydrogens is 286 g/mol. The van der Waals surface area contributed by atoms with Gasteiger partial charge in [-0.15, -0.1) is 0 Å². The van der Waals surface area contributed by atoms with Crippen LogP contribution in [0.3, 0.4) is 0 Å². The normalized spacial score (nSPS) is 25.2. The summed E-state index contributed by atoms with van der Waals surface area (Å²) in [7, 11) is 4.04. The molecule has 1 aromatic carbocycles. The molecule has 2 aliphatic rings. The molecule has 23 heavy (non-hydrogen) atoms. The number of benzene rings is 1. The molecule has 0 amide bonds. The van der Waals surface area contributed by atoms with E-state index in [1.807, 2.05) is 49.3 Å². The van der Waals surface area contributed by atoms with Crippen molar-refractivity contribution < 1.29 is 0 Å². The first-order valence-corrected chi connectivity index (χ1v) is 8.45. The Morgan fingerprint density at radius 1 is 1.17 bits per heavy atom. The van der Waals surface area contributed by atoms with Crippen LogP contribution < -0.4 is 16.4 Å². The average Bonchev–Trinajstić information content (AvgIpc) is 2.56. The van der Waals surface area contributed by atoms with Crippen LogP contribution in [0.15, 0.2) is 47.2 Å². The van der Waals surface area contributed by atoms with E-state index in [4.69, 9.17) is 10.7 Å². The van der Waals surface area contributed by atoms with Gasteiger partial charge in [0.15, 0.2) is 0 Å². The number of nitrogens with two attached hydrogens (primary N) is 1. The van der Waals surface area contributed by atoms with E-state index in [1.165, 1.54) is 19.3 Å². The van der Waals surface area contributed by atoms with Gasteiger partial charge in [0, 0.05) is 25.7 Å². The van der Waals surface area contributed by atoms with Gasteiger partial charge in [-0.1, -0.05) is 37.5 Å².